The van der Waals surface area contributed by atoms with E-state index in [4.69, 9.17) is 10.5 Å². The Morgan fingerprint density at radius 1 is 1.22 bits per heavy atom. The fraction of sp³-hybridized carbons (Fsp3) is 0.286. The van der Waals surface area contributed by atoms with Crippen molar-refractivity contribution < 1.29 is 4.74 Å². The summed E-state index contributed by atoms with van der Waals surface area (Å²) in [5.41, 5.74) is 8.58. The van der Waals surface area contributed by atoms with Gasteiger partial charge in [-0.05, 0) is 25.0 Å². The van der Waals surface area contributed by atoms with Gasteiger partial charge in [0.15, 0.2) is 0 Å². The summed E-state index contributed by atoms with van der Waals surface area (Å²) in [7, 11) is 0. The molecule has 0 aliphatic heterocycles. The largest absolute Gasteiger partial charge is 0.439 e. The van der Waals surface area contributed by atoms with Crippen molar-refractivity contribution in [1.82, 2.24) is 9.97 Å². The van der Waals surface area contributed by atoms with Crippen LogP contribution in [0, 0.1) is 6.92 Å². The summed E-state index contributed by atoms with van der Waals surface area (Å²) in [6.07, 6.45) is 3.50. The lowest BCUT2D eigenvalue weighted by Gasteiger charge is -2.07. The number of anilines is 1. The molecule has 2 aromatic rings. The molecule has 1 heterocycles. The van der Waals surface area contributed by atoms with Crippen molar-refractivity contribution in [3.8, 4) is 11.6 Å². The van der Waals surface area contributed by atoms with E-state index in [2.05, 4.69) is 16.9 Å². The minimum Gasteiger partial charge on any atom is -0.439 e. The predicted molar refractivity (Wildman–Crippen MR) is 71.7 cm³/mol. The van der Waals surface area contributed by atoms with Crippen LogP contribution in [0.5, 0.6) is 11.6 Å². The van der Waals surface area contributed by atoms with Gasteiger partial charge >= 0.3 is 0 Å². The normalized spacial score (nSPS) is 10.3. The Hall–Kier alpha value is -2.10. The number of nitrogens with zero attached hydrogens (tertiary/aromatic N) is 2. The molecule has 0 spiro atoms. The molecule has 2 rings (SSSR count). The molecule has 0 bridgehead atoms. The van der Waals surface area contributed by atoms with Gasteiger partial charge in [0.05, 0.1) is 0 Å². The number of hydrogen-bond acceptors (Lipinski definition) is 4. The number of aryl methyl sites for hydroxylation is 2. The van der Waals surface area contributed by atoms with Crippen molar-refractivity contribution in [2.24, 2.45) is 0 Å². The second-order valence-electron chi connectivity index (χ2n) is 4.22. The maximum atomic E-state index is 5.84. The highest BCUT2D eigenvalue weighted by Crippen LogP contribution is 2.23. The number of hydrogen-bond donors (Lipinski definition) is 1. The van der Waals surface area contributed by atoms with Gasteiger partial charge in [-0.3, -0.25) is 0 Å². The van der Waals surface area contributed by atoms with Crippen LogP contribution < -0.4 is 10.5 Å². The van der Waals surface area contributed by atoms with Crippen LogP contribution in [-0.2, 0) is 6.42 Å². The monoisotopic (exact) mass is 243 g/mol. The Labute approximate surface area is 107 Å². The lowest BCUT2D eigenvalue weighted by Crippen LogP contribution is -1.95. The van der Waals surface area contributed by atoms with E-state index < -0.39 is 0 Å². The van der Waals surface area contributed by atoms with E-state index in [1.54, 1.807) is 6.07 Å². The van der Waals surface area contributed by atoms with Gasteiger partial charge in [-0.25, -0.2) is 9.97 Å². The van der Waals surface area contributed by atoms with E-state index in [1.807, 2.05) is 25.1 Å². The zero-order chi connectivity index (χ0) is 13.0. The molecular weight excluding hydrogens is 226 g/mol. The molecule has 1 aromatic heterocycles. The summed E-state index contributed by atoms with van der Waals surface area (Å²) in [6, 6.07) is 7.47. The third kappa shape index (κ3) is 2.97. The van der Waals surface area contributed by atoms with Crippen molar-refractivity contribution in [1.29, 1.82) is 0 Å². The highest BCUT2D eigenvalue weighted by Gasteiger charge is 2.02. The topological polar surface area (TPSA) is 61.0 Å². The first kappa shape index (κ1) is 12.4. The molecule has 0 saturated heterocycles. The molecule has 0 aliphatic carbocycles. The van der Waals surface area contributed by atoms with Crippen molar-refractivity contribution >= 4 is 5.69 Å². The quantitative estimate of drug-likeness (QED) is 0.838. The molecule has 0 radical (unpaired) electrons. The third-order valence-electron chi connectivity index (χ3n) is 2.68. The molecule has 2 N–H and O–H groups in total. The van der Waals surface area contributed by atoms with E-state index in [9.17, 15) is 0 Å². The predicted octanol–water partition coefficient (Wildman–Crippen LogP) is 3.11. The van der Waals surface area contributed by atoms with E-state index in [1.165, 1.54) is 6.33 Å². The first-order valence-corrected chi connectivity index (χ1v) is 6.04. The van der Waals surface area contributed by atoms with Crippen LogP contribution in [0.15, 0.2) is 30.6 Å². The SMILES string of the molecule is CCCc1cc(Oc2ccc(C)c(N)c2)ncn1. The molecule has 0 unspecified atom stereocenters. The number of nitrogen functional groups attached to an aromatic ring is 1. The highest BCUT2D eigenvalue weighted by atomic mass is 16.5. The minimum absolute atomic E-state index is 0.553. The van der Waals surface area contributed by atoms with Crippen molar-refractivity contribution in [3.05, 3.63) is 41.9 Å². The maximum absolute atomic E-state index is 5.84. The minimum atomic E-state index is 0.553. The average Bonchev–Trinajstić information content (AvgIpc) is 2.35. The number of nitrogens with two attached hydrogens (primary N) is 1. The van der Waals surface area contributed by atoms with Crippen LogP contribution in [0.1, 0.15) is 24.6 Å². The van der Waals surface area contributed by atoms with E-state index in [0.717, 1.165) is 29.8 Å². The number of ether oxygens (including phenoxy) is 1. The van der Waals surface area contributed by atoms with Crippen molar-refractivity contribution in [3.63, 3.8) is 0 Å². The van der Waals surface area contributed by atoms with Gasteiger partial charge < -0.3 is 10.5 Å². The van der Waals surface area contributed by atoms with E-state index >= 15 is 0 Å². The smallest absolute Gasteiger partial charge is 0.222 e. The molecule has 0 aliphatic rings. The van der Waals surface area contributed by atoms with Gasteiger partial charge in [-0.15, -0.1) is 0 Å². The van der Waals surface area contributed by atoms with Crippen molar-refractivity contribution in [2.75, 3.05) is 5.73 Å². The van der Waals surface area contributed by atoms with Crippen LogP contribution in [0.2, 0.25) is 0 Å². The summed E-state index contributed by atoms with van der Waals surface area (Å²) in [5.74, 6) is 1.25. The van der Waals surface area contributed by atoms with Crippen molar-refractivity contribution in [2.45, 2.75) is 26.7 Å². The molecule has 94 valence electrons. The standard InChI is InChI=1S/C14H17N3O/c1-3-4-11-7-14(17-9-16-11)18-12-6-5-10(2)13(15)8-12/h5-9H,3-4,15H2,1-2H3. The zero-order valence-electron chi connectivity index (χ0n) is 10.7. The Balaban J connectivity index is 2.17. The maximum Gasteiger partial charge on any atom is 0.222 e. The average molecular weight is 243 g/mol. The second kappa shape index (κ2) is 5.49. The summed E-state index contributed by atoms with van der Waals surface area (Å²) < 4.78 is 5.67. The van der Waals surface area contributed by atoms with Crippen LogP contribution in [-0.4, -0.2) is 9.97 Å². The van der Waals surface area contributed by atoms with Gasteiger partial charge in [-0.2, -0.15) is 0 Å². The van der Waals surface area contributed by atoms with E-state index in [0.29, 0.717) is 11.6 Å². The molecule has 4 heteroatoms. The molecule has 0 amide bonds. The highest BCUT2D eigenvalue weighted by molar-refractivity contribution is 5.51. The fourth-order valence-electron chi connectivity index (χ4n) is 1.63. The number of benzene rings is 1. The summed E-state index contributed by atoms with van der Waals surface area (Å²) >= 11 is 0. The summed E-state index contributed by atoms with van der Waals surface area (Å²) in [5, 5.41) is 0. The van der Waals surface area contributed by atoms with Gasteiger partial charge in [0.25, 0.3) is 0 Å². The number of rotatable bonds is 4. The Bertz CT molecular complexity index is 540. The van der Waals surface area contributed by atoms with Gasteiger partial charge in [0.1, 0.15) is 12.1 Å². The van der Waals surface area contributed by atoms with Gasteiger partial charge in [0, 0.05) is 23.5 Å². The Morgan fingerprint density at radius 2 is 2.06 bits per heavy atom. The first-order chi connectivity index (χ1) is 8.69. The number of aromatic nitrogens is 2. The molecule has 18 heavy (non-hydrogen) atoms. The molecule has 1 aromatic carbocycles. The molecule has 0 atom stereocenters. The van der Waals surface area contributed by atoms with Gasteiger partial charge in [-0.1, -0.05) is 19.4 Å². The first-order valence-electron chi connectivity index (χ1n) is 6.04. The summed E-state index contributed by atoms with van der Waals surface area (Å²) in [6.45, 7) is 4.08. The zero-order valence-corrected chi connectivity index (χ0v) is 10.7. The fourth-order valence-corrected chi connectivity index (χ4v) is 1.63. The molecule has 0 saturated carbocycles. The van der Waals surface area contributed by atoms with Gasteiger partial charge in [0.2, 0.25) is 5.88 Å². The lowest BCUT2D eigenvalue weighted by molar-refractivity contribution is 0.460. The Morgan fingerprint density at radius 3 is 2.78 bits per heavy atom. The van der Waals surface area contributed by atoms with Crippen LogP contribution in [0.3, 0.4) is 0 Å². The van der Waals surface area contributed by atoms with Crippen LogP contribution in [0.4, 0.5) is 5.69 Å². The van der Waals surface area contributed by atoms with Crippen LogP contribution in [0.25, 0.3) is 0 Å². The molecular formula is C14H17N3O. The summed E-state index contributed by atoms with van der Waals surface area (Å²) in [4.78, 5) is 8.28. The molecule has 0 fully saturated rings. The second-order valence-corrected chi connectivity index (χ2v) is 4.22. The molecule has 4 nitrogen and oxygen atoms in total. The van der Waals surface area contributed by atoms with Crippen LogP contribution >= 0.6 is 0 Å². The van der Waals surface area contributed by atoms with E-state index in [-0.39, 0.29) is 0 Å². The Kier molecular flexibility index (Phi) is 3.77. The lowest BCUT2D eigenvalue weighted by atomic mass is 10.2. The third-order valence-corrected chi connectivity index (χ3v) is 2.68.